The highest BCUT2D eigenvalue weighted by Crippen LogP contribution is 2.29. The molecule has 10 nitrogen and oxygen atoms in total. The zero-order chi connectivity index (χ0) is 18.9. The Morgan fingerprint density at radius 1 is 1.07 bits per heavy atom. The third-order valence-corrected chi connectivity index (χ3v) is 5.56. The summed E-state index contributed by atoms with van der Waals surface area (Å²) >= 11 is 0. The van der Waals surface area contributed by atoms with Crippen LogP contribution in [0.25, 0.3) is 5.65 Å². The monoisotopic (exact) mass is 384 g/mol. The van der Waals surface area contributed by atoms with E-state index in [1.54, 1.807) is 7.11 Å². The molecule has 0 radical (unpaired) electrons. The fourth-order valence-corrected chi connectivity index (χ4v) is 4.06. The van der Waals surface area contributed by atoms with Crippen molar-refractivity contribution in [2.24, 2.45) is 0 Å². The van der Waals surface area contributed by atoms with Crippen molar-refractivity contribution in [3.8, 4) is 0 Å². The smallest absolute Gasteiger partial charge is 0.324 e. The molecular weight excluding hydrogens is 360 g/mol. The van der Waals surface area contributed by atoms with E-state index in [9.17, 15) is 0 Å². The first-order valence-electron chi connectivity index (χ1n) is 9.85. The zero-order valence-corrected chi connectivity index (χ0v) is 16.0. The Kier molecular flexibility index (Phi) is 4.55. The Labute approximate surface area is 162 Å². The second kappa shape index (κ2) is 7.34. The summed E-state index contributed by atoms with van der Waals surface area (Å²) in [6, 6.07) is 4.63. The molecule has 5 heterocycles. The fourth-order valence-electron chi connectivity index (χ4n) is 4.06. The van der Waals surface area contributed by atoms with Gasteiger partial charge in [-0.05, 0) is 37.8 Å². The lowest BCUT2D eigenvalue weighted by atomic mass is 9.96. The van der Waals surface area contributed by atoms with Gasteiger partial charge in [0.15, 0.2) is 17.3 Å². The van der Waals surface area contributed by atoms with Gasteiger partial charge in [-0.15, -0.1) is 15.3 Å². The lowest BCUT2D eigenvalue weighted by Crippen LogP contribution is -2.33. The van der Waals surface area contributed by atoms with Crippen LogP contribution in [0, 0.1) is 0 Å². The molecular formula is C18H24N8O2. The number of anilines is 2. The Bertz CT molecular complexity index is 940. The second-order valence-electron chi connectivity index (χ2n) is 7.40. The number of fused-ring (bicyclic) bond motifs is 1. The van der Waals surface area contributed by atoms with Crippen molar-refractivity contribution >= 4 is 17.5 Å². The van der Waals surface area contributed by atoms with E-state index in [-0.39, 0.29) is 0 Å². The number of methoxy groups -OCH3 is 1. The summed E-state index contributed by atoms with van der Waals surface area (Å²) < 4.78 is 12.3. The van der Waals surface area contributed by atoms with Gasteiger partial charge in [0.25, 0.3) is 0 Å². The van der Waals surface area contributed by atoms with Gasteiger partial charge in [0.2, 0.25) is 0 Å². The normalized spacial score (nSPS) is 18.5. The number of piperidine rings is 1. The Morgan fingerprint density at radius 3 is 2.68 bits per heavy atom. The molecule has 0 saturated carbocycles. The summed E-state index contributed by atoms with van der Waals surface area (Å²) in [7, 11) is 1.62. The number of hydrogen-bond donors (Lipinski definition) is 0. The average Bonchev–Trinajstić information content (AvgIpc) is 3.48. The van der Waals surface area contributed by atoms with E-state index in [4.69, 9.17) is 14.4 Å². The van der Waals surface area contributed by atoms with Crippen LogP contribution in [0.3, 0.4) is 0 Å². The van der Waals surface area contributed by atoms with E-state index in [1.807, 2.05) is 10.6 Å². The van der Waals surface area contributed by atoms with Crippen LogP contribution in [0.15, 0.2) is 16.7 Å². The van der Waals surface area contributed by atoms with Crippen LogP contribution < -0.4 is 9.80 Å². The van der Waals surface area contributed by atoms with Gasteiger partial charge >= 0.3 is 6.01 Å². The van der Waals surface area contributed by atoms with Gasteiger partial charge in [0.1, 0.15) is 12.4 Å². The summed E-state index contributed by atoms with van der Waals surface area (Å²) in [6.07, 6.45) is 4.35. The SMILES string of the molecule is COCc1noc(N2CCC(c3nnc4ccc(N5CCCC5)nn34)CC2)n1. The maximum atomic E-state index is 5.36. The van der Waals surface area contributed by atoms with Crippen molar-refractivity contribution < 1.29 is 9.26 Å². The summed E-state index contributed by atoms with van der Waals surface area (Å²) in [5, 5.41) is 17.6. The largest absolute Gasteiger partial charge is 0.377 e. The number of rotatable bonds is 5. The molecule has 148 valence electrons. The molecule has 0 unspecified atom stereocenters. The van der Waals surface area contributed by atoms with Gasteiger partial charge in [0, 0.05) is 39.2 Å². The molecule has 0 atom stereocenters. The number of aromatic nitrogens is 6. The molecule has 0 aromatic carbocycles. The minimum Gasteiger partial charge on any atom is -0.377 e. The van der Waals surface area contributed by atoms with E-state index in [0.717, 1.165) is 56.3 Å². The van der Waals surface area contributed by atoms with E-state index in [0.29, 0.717) is 24.4 Å². The fraction of sp³-hybridized carbons (Fsp3) is 0.611. The van der Waals surface area contributed by atoms with Crippen LogP contribution in [-0.2, 0) is 11.3 Å². The van der Waals surface area contributed by atoms with Crippen molar-refractivity contribution in [1.29, 1.82) is 0 Å². The molecule has 28 heavy (non-hydrogen) atoms. The van der Waals surface area contributed by atoms with Gasteiger partial charge in [0.05, 0.1) is 0 Å². The van der Waals surface area contributed by atoms with Gasteiger partial charge in [-0.2, -0.15) is 9.50 Å². The maximum Gasteiger partial charge on any atom is 0.324 e. The molecule has 0 amide bonds. The second-order valence-corrected chi connectivity index (χ2v) is 7.40. The third-order valence-electron chi connectivity index (χ3n) is 5.56. The van der Waals surface area contributed by atoms with Crippen LogP contribution in [0.5, 0.6) is 0 Å². The molecule has 5 rings (SSSR count). The third kappa shape index (κ3) is 3.17. The summed E-state index contributed by atoms with van der Waals surface area (Å²) in [6.45, 7) is 4.17. The van der Waals surface area contributed by atoms with Crippen LogP contribution in [0.1, 0.15) is 43.3 Å². The predicted molar refractivity (Wildman–Crippen MR) is 101 cm³/mol. The lowest BCUT2D eigenvalue weighted by molar-refractivity contribution is 0.174. The Morgan fingerprint density at radius 2 is 1.89 bits per heavy atom. The molecule has 3 aromatic rings. The number of nitrogens with zero attached hydrogens (tertiary/aromatic N) is 8. The Hall–Kier alpha value is -2.75. The van der Waals surface area contributed by atoms with Crippen LogP contribution in [-0.4, -0.2) is 63.2 Å². The molecule has 0 spiro atoms. The molecule has 10 heteroatoms. The van der Waals surface area contributed by atoms with E-state index in [1.165, 1.54) is 12.8 Å². The first kappa shape index (κ1) is 17.4. The minimum absolute atomic E-state index is 0.314. The van der Waals surface area contributed by atoms with Crippen molar-refractivity contribution in [1.82, 2.24) is 30.0 Å². The van der Waals surface area contributed by atoms with E-state index < -0.39 is 0 Å². The molecule has 3 aromatic heterocycles. The zero-order valence-electron chi connectivity index (χ0n) is 16.0. The quantitative estimate of drug-likeness (QED) is 0.650. The Balaban J connectivity index is 1.31. The molecule has 0 bridgehead atoms. The summed E-state index contributed by atoms with van der Waals surface area (Å²) in [4.78, 5) is 8.84. The standard InChI is InChI=1S/C18H24N8O2/c1-27-12-14-19-18(28-23-14)25-10-6-13(7-11-25)17-21-20-15-4-5-16(22-26(15)17)24-8-2-3-9-24/h4-5,13H,2-3,6-12H2,1H3. The first-order valence-corrected chi connectivity index (χ1v) is 9.85. The topological polar surface area (TPSA) is 97.7 Å². The predicted octanol–water partition coefficient (Wildman–Crippen LogP) is 1.64. The van der Waals surface area contributed by atoms with Gasteiger partial charge < -0.3 is 19.1 Å². The van der Waals surface area contributed by atoms with Gasteiger partial charge in [-0.1, -0.05) is 5.16 Å². The van der Waals surface area contributed by atoms with Crippen molar-refractivity contribution in [3.05, 3.63) is 23.8 Å². The highest BCUT2D eigenvalue weighted by Gasteiger charge is 2.28. The minimum atomic E-state index is 0.314. The molecule has 0 aliphatic carbocycles. The lowest BCUT2D eigenvalue weighted by Gasteiger charge is -2.29. The van der Waals surface area contributed by atoms with Crippen molar-refractivity contribution in [2.75, 3.05) is 43.1 Å². The van der Waals surface area contributed by atoms with Gasteiger partial charge in [-0.25, -0.2) is 0 Å². The number of ether oxygens (including phenoxy) is 1. The van der Waals surface area contributed by atoms with Crippen LogP contribution in [0.4, 0.5) is 11.8 Å². The molecule has 2 aliphatic rings. The van der Waals surface area contributed by atoms with E-state index >= 15 is 0 Å². The summed E-state index contributed by atoms with van der Waals surface area (Å²) in [5.41, 5.74) is 0.807. The highest BCUT2D eigenvalue weighted by molar-refractivity contribution is 5.46. The van der Waals surface area contributed by atoms with E-state index in [2.05, 4.69) is 36.2 Å². The number of hydrogen-bond acceptors (Lipinski definition) is 9. The van der Waals surface area contributed by atoms with Crippen LogP contribution in [0.2, 0.25) is 0 Å². The maximum absolute atomic E-state index is 5.36. The highest BCUT2D eigenvalue weighted by atomic mass is 16.5. The molecule has 2 aliphatic heterocycles. The first-order chi connectivity index (χ1) is 13.8. The van der Waals surface area contributed by atoms with Crippen molar-refractivity contribution in [3.63, 3.8) is 0 Å². The summed E-state index contributed by atoms with van der Waals surface area (Å²) in [5.74, 6) is 2.84. The average molecular weight is 384 g/mol. The molecule has 0 N–H and O–H groups in total. The molecule has 2 saturated heterocycles. The van der Waals surface area contributed by atoms with Crippen molar-refractivity contribution in [2.45, 2.75) is 38.2 Å². The van der Waals surface area contributed by atoms with Gasteiger partial charge in [-0.3, -0.25) is 0 Å². The van der Waals surface area contributed by atoms with Crippen LogP contribution >= 0.6 is 0 Å². The molecule has 2 fully saturated rings.